The lowest BCUT2D eigenvalue weighted by atomic mass is 10.3. The normalized spacial score (nSPS) is 16.8. The number of ether oxygens (including phenoxy) is 1. The molecule has 0 atom stereocenters. The van der Waals surface area contributed by atoms with Gasteiger partial charge in [-0.05, 0) is 36.4 Å². The van der Waals surface area contributed by atoms with Crippen molar-refractivity contribution in [3.63, 3.8) is 0 Å². The summed E-state index contributed by atoms with van der Waals surface area (Å²) < 4.78 is 56.5. The van der Waals surface area contributed by atoms with Crippen molar-refractivity contribution in [1.82, 2.24) is 4.31 Å². The number of thiophene rings is 1. The van der Waals surface area contributed by atoms with E-state index in [-0.39, 0.29) is 22.2 Å². The number of nitrogens with zero attached hydrogens (tertiary/aromatic N) is 1. The maximum absolute atomic E-state index is 12.5. The minimum absolute atomic E-state index is 0.0633. The van der Waals surface area contributed by atoms with Gasteiger partial charge in [-0.1, -0.05) is 11.6 Å². The Morgan fingerprint density at radius 3 is 2.21 bits per heavy atom. The van der Waals surface area contributed by atoms with Gasteiger partial charge in [0.2, 0.25) is 0 Å². The fourth-order valence-electron chi connectivity index (χ4n) is 2.31. The maximum atomic E-state index is 12.5. The third-order valence-electron chi connectivity index (χ3n) is 3.78. The first-order valence-electron chi connectivity index (χ1n) is 6.88. The van der Waals surface area contributed by atoms with Crippen molar-refractivity contribution in [2.24, 2.45) is 0 Å². The number of halogens is 1. The highest BCUT2D eigenvalue weighted by atomic mass is 35.5. The molecule has 0 bridgehead atoms. The molecule has 0 N–H and O–H groups in total. The molecule has 0 saturated carbocycles. The number of methoxy groups -OCH3 is 1. The van der Waals surface area contributed by atoms with E-state index in [1.165, 1.54) is 31.4 Å². The molecule has 0 amide bonds. The van der Waals surface area contributed by atoms with Crippen LogP contribution in [0.3, 0.4) is 0 Å². The first-order chi connectivity index (χ1) is 11.2. The zero-order valence-electron chi connectivity index (χ0n) is 12.5. The lowest BCUT2D eigenvalue weighted by molar-refractivity contribution is 0.310. The summed E-state index contributed by atoms with van der Waals surface area (Å²) >= 11 is 6.72. The predicted octanol–water partition coefficient (Wildman–Crippen LogP) is 2.26. The minimum Gasteiger partial charge on any atom is -0.497 e. The molecule has 1 fully saturated rings. The van der Waals surface area contributed by atoms with Gasteiger partial charge in [-0.3, -0.25) is 0 Å². The number of hydrogen-bond acceptors (Lipinski definition) is 6. The Hall–Kier alpha value is -1.13. The Kier molecular flexibility index (Phi) is 4.65. The van der Waals surface area contributed by atoms with Crippen LogP contribution in [0.25, 0.3) is 0 Å². The lowest BCUT2D eigenvalue weighted by Gasteiger charge is -2.37. The van der Waals surface area contributed by atoms with Gasteiger partial charge in [-0.2, -0.15) is 4.31 Å². The van der Waals surface area contributed by atoms with Crippen molar-refractivity contribution < 1.29 is 21.6 Å². The van der Waals surface area contributed by atoms with E-state index in [1.54, 1.807) is 12.1 Å². The molecular weight excluding hydrogens is 394 g/mol. The molecule has 1 aromatic heterocycles. The van der Waals surface area contributed by atoms with Gasteiger partial charge in [0.1, 0.15) is 9.96 Å². The van der Waals surface area contributed by atoms with E-state index in [0.29, 0.717) is 10.1 Å². The summed E-state index contributed by atoms with van der Waals surface area (Å²) in [7, 11) is -5.77. The molecule has 6 nitrogen and oxygen atoms in total. The van der Waals surface area contributed by atoms with Gasteiger partial charge in [0.05, 0.1) is 21.6 Å². The molecule has 1 aromatic carbocycles. The molecule has 130 valence electrons. The molecule has 2 aromatic rings. The van der Waals surface area contributed by atoms with Crippen LogP contribution in [0.4, 0.5) is 0 Å². The third-order valence-corrected chi connectivity index (χ3v) is 9.42. The second-order valence-electron chi connectivity index (χ2n) is 5.22. The smallest absolute Gasteiger partial charge is 0.252 e. The zero-order valence-corrected chi connectivity index (χ0v) is 15.8. The van der Waals surface area contributed by atoms with E-state index in [1.807, 2.05) is 0 Å². The van der Waals surface area contributed by atoms with E-state index in [9.17, 15) is 16.8 Å². The fraction of sp³-hybridized carbons (Fsp3) is 0.286. The SMILES string of the molecule is COc1ccc(S(=O)(=O)C2CN(S(=O)(=O)c3ccc(Cl)s3)C2)cc1. The minimum atomic E-state index is -3.68. The van der Waals surface area contributed by atoms with Gasteiger partial charge in [0, 0.05) is 13.1 Å². The Balaban J connectivity index is 1.75. The number of rotatable bonds is 5. The summed E-state index contributed by atoms with van der Waals surface area (Å²) in [6.45, 7) is -0.127. The largest absolute Gasteiger partial charge is 0.497 e. The fourth-order valence-corrected chi connectivity index (χ4v) is 7.32. The summed E-state index contributed by atoms with van der Waals surface area (Å²) in [4.78, 5) is 0.157. The average Bonchev–Trinajstić information content (AvgIpc) is 2.92. The van der Waals surface area contributed by atoms with Crippen LogP contribution >= 0.6 is 22.9 Å². The first kappa shape index (κ1) is 17.7. The summed E-state index contributed by atoms with van der Waals surface area (Å²) in [6, 6.07) is 8.98. The molecule has 1 aliphatic rings. The van der Waals surface area contributed by atoms with Crippen LogP contribution in [-0.2, 0) is 19.9 Å². The molecule has 2 heterocycles. The van der Waals surface area contributed by atoms with E-state index < -0.39 is 25.1 Å². The summed E-state index contributed by atoms with van der Waals surface area (Å²) in [5, 5.41) is -0.754. The van der Waals surface area contributed by atoms with Crippen molar-refractivity contribution in [3.8, 4) is 5.75 Å². The van der Waals surface area contributed by atoms with Gasteiger partial charge in [-0.15, -0.1) is 11.3 Å². The first-order valence-corrected chi connectivity index (χ1v) is 11.1. The van der Waals surface area contributed by atoms with Gasteiger partial charge < -0.3 is 4.74 Å². The molecule has 0 aliphatic carbocycles. The third kappa shape index (κ3) is 3.06. The highest BCUT2D eigenvalue weighted by molar-refractivity contribution is 7.93. The second kappa shape index (κ2) is 6.30. The van der Waals surface area contributed by atoms with Crippen LogP contribution in [-0.4, -0.2) is 46.6 Å². The van der Waals surface area contributed by atoms with Crippen LogP contribution in [0.2, 0.25) is 4.34 Å². The van der Waals surface area contributed by atoms with Crippen LogP contribution < -0.4 is 4.74 Å². The summed E-state index contributed by atoms with van der Waals surface area (Å²) in [5.74, 6) is 0.557. The monoisotopic (exact) mass is 407 g/mol. The lowest BCUT2D eigenvalue weighted by Crippen LogP contribution is -2.56. The highest BCUT2D eigenvalue weighted by Crippen LogP contribution is 2.33. The average molecular weight is 408 g/mol. The molecular formula is C14H14ClNO5S3. The molecule has 0 spiro atoms. The van der Waals surface area contributed by atoms with Crippen LogP contribution in [0.1, 0.15) is 0 Å². The Bertz CT molecular complexity index is 945. The van der Waals surface area contributed by atoms with Gasteiger partial charge in [0.25, 0.3) is 10.0 Å². The quantitative estimate of drug-likeness (QED) is 0.759. The maximum Gasteiger partial charge on any atom is 0.252 e. The Labute approximate surface area is 149 Å². The van der Waals surface area contributed by atoms with Crippen molar-refractivity contribution >= 4 is 42.8 Å². The van der Waals surface area contributed by atoms with E-state index >= 15 is 0 Å². The molecule has 10 heteroatoms. The van der Waals surface area contributed by atoms with Crippen molar-refractivity contribution in [1.29, 1.82) is 0 Å². The van der Waals surface area contributed by atoms with Crippen molar-refractivity contribution in [2.75, 3.05) is 20.2 Å². The molecule has 0 unspecified atom stereocenters. The van der Waals surface area contributed by atoms with Gasteiger partial charge in [0.15, 0.2) is 9.84 Å². The highest BCUT2D eigenvalue weighted by Gasteiger charge is 2.44. The zero-order chi connectivity index (χ0) is 17.5. The summed E-state index contributed by atoms with van der Waals surface area (Å²) in [5.41, 5.74) is 0. The van der Waals surface area contributed by atoms with Crippen LogP contribution in [0, 0.1) is 0 Å². The van der Waals surface area contributed by atoms with Crippen molar-refractivity contribution in [3.05, 3.63) is 40.7 Å². The van der Waals surface area contributed by atoms with E-state index in [2.05, 4.69) is 0 Å². The second-order valence-corrected chi connectivity index (χ2v) is 11.3. The number of hydrogen-bond donors (Lipinski definition) is 0. The van der Waals surface area contributed by atoms with E-state index in [4.69, 9.17) is 16.3 Å². The van der Waals surface area contributed by atoms with Crippen LogP contribution in [0.15, 0.2) is 45.5 Å². The number of sulfone groups is 1. The topological polar surface area (TPSA) is 80.8 Å². The molecule has 24 heavy (non-hydrogen) atoms. The molecule has 0 radical (unpaired) electrons. The predicted molar refractivity (Wildman–Crippen MR) is 92.1 cm³/mol. The molecule has 3 rings (SSSR count). The van der Waals surface area contributed by atoms with Crippen LogP contribution in [0.5, 0.6) is 5.75 Å². The number of sulfonamides is 1. The molecule has 1 aliphatic heterocycles. The Morgan fingerprint density at radius 2 is 1.71 bits per heavy atom. The van der Waals surface area contributed by atoms with Gasteiger partial charge >= 0.3 is 0 Å². The van der Waals surface area contributed by atoms with Gasteiger partial charge in [-0.25, -0.2) is 16.8 Å². The number of benzene rings is 1. The Morgan fingerprint density at radius 1 is 1.08 bits per heavy atom. The van der Waals surface area contributed by atoms with E-state index in [0.717, 1.165) is 15.6 Å². The standard InChI is InChI=1S/C14H14ClNO5S3/c1-21-10-2-4-11(5-3-10)23(17,18)12-8-16(9-12)24(19,20)14-7-6-13(15)22-14/h2-7,12H,8-9H2,1H3. The summed E-state index contributed by atoms with van der Waals surface area (Å²) in [6.07, 6.45) is 0. The molecule has 1 saturated heterocycles. The van der Waals surface area contributed by atoms with Crippen molar-refractivity contribution in [2.45, 2.75) is 14.4 Å².